The van der Waals surface area contributed by atoms with E-state index in [-0.39, 0.29) is 1.43 Å². The van der Waals surface area contributed by atoms with Crippen LogP contribution < -0.4 is 5.32 Å². The van der Waals surface area contributed by atoms with Crippen LogP contribution in [0.1, 0.15) is 47.4 Å². The van der Waals surface area contributed by atoms with Crippen molar-refractivity contribution in [3.63, 3.8) is 0 Å². The second kappa shape index (κ2) is 3.02. The summed E-state index contributed by atoms with van der Waals surface area (Å²) in [4.78, 5) is 0. The van der Waals surface area contributed by atoms with E-state index in [0.717, 1.165) is 17.4 Å². The van der Waals surface area contributed by atoms with Crippen LogP contribution in [0.25, 0.3) is 0 Å². The van der Waals surface area contributed by atoms with E-state index in [9.17, 15) is 0 Å². The van der Waals surface area contributed by atoms with E-state index in [2.05, 4.69) is 19.2 Å². The third kappa shape index (κ3) is 1.82. The van der Waals surface area contributed by atoms with Crippen LogP contribution in [0.3, 0.4) is 0 Å². The molecule has 0 aromatic carbocycles. The van der Waals surface area contributed by atoms with Crippen LogP contribution in [0.5, 0.6) is 0 Å². The fraction of sp³-hybridized carbons (Fsp3) is 1.00. The van der Waals surface area contributed by atoms with Crippen LogP contribution in [0.4, 0.5) is 0 Å². The second-order valence-electron chi connectivity index (χ2n) is 5.24. The molecule has 72 valence electrons. The van der Waals surface area contributed by atoms with Crippen LogP contribution in [0.15, 0.2) is 0 Å². The SMILES string of the molecule is CC(C)CN[C@H]1CCC2(CC2)C1.[HH]. The average molecular weight is 169 g/mol. The summed E-state index contributed by atoms with van der Waals surface area (Å²) in [5, 5.41) is 3.68. The maximum Gasteiger partial charge on any atom is 0.00726 e. The van der Waals surface area contributed by atoms with E-state index in [1.807, 2.05) is 0 Å². The fourth-order valence-corrected chi connectivity index (χ4v) is 2.41. The van der Waals surface area contributed by atoms with Crippen LogP contribution in [-0.2, 0) is 0 Å². The first kappa shape index (κ1) is 8.55. The topological polar surface area (TPSA) is 12.0 Å². The molecular formula is C11H23N. The summed E-state index contributed by atoms with van der Waals surface area (Å²) in [7, 11) is 0. The average Bonchev–Trinajstić information content (AvgIpc) is 2.60. The molecule has 0 unspecified atom stereocenters. The molecule has 2 aliphatic carbocycles. The van der Waals surface area contributed by atoms with Crippen LogP contribution in [0, 0.1) is 11.3 Å². The van der Waals surface area contributed by atoms with E-state index in [4.69, 9.17) is 0 Å². The van der Waals surface area contributed by atoms with Crippen molar-refractivity contribution < 1.29 is 1.43 Å². The van der Waals surface area contributed by atoms with Gasteiger partial charge in [0.1, 0.15) is 0 Å². The standard InChI is InChI=1S/C11H21N.H2/c1-9(2)8-12-10-3-4-11(7-10)5-6-11;/h9-10,12H,3-8H2,1-2H3;1H/t10-;/m0./s1. The minimum Gasteiger partial charge on any atom is -0.314 e. The van der Waals surface area contributed by atoms with E-state index in [0.29, 0.717) is 0 Å². The predicted molar refractivity (Wildman–Crippen MR) is 54.3 cm³/mol. The fourth-order valence-electron chi connectivity index (χ4n) is 2.41. The van der Waals surface area contributed by atoms with Crippen molar-refractivity contribution in [3.8, 4) is 0 Å². The smallest absolute Gasteiger partial charge is 0.00726 e. The highest BCUT2D eigenvalue weighted by Gasteiger charge is 2.47. The van der Waals surface area contributed by atoms with Gasteiger partial charge in [-0.3, -0.25) is 0 Å². The van der Waals surface area contributed by atoms with E-state index in [1.165, 1.54) is 38.6 Å². The van der Waals surface area contributed by atoms with Crippen LogP contribution >= 0.6 is 0 Å². The normalized spacial score (nSPS) is 31.8. The molecule has 0 aliphatic heterocycles. The molecule has 1 N–H and O–H groups in total. The van der Waals surface area contributed by atoms with Crippen molar-refractivity contribution in [2.45, 2.75) is 52.0 Å². The monoisotopic (exact) mass is 169 g/mol. The van der Waals surface area contributed by atoms with Crippen molar-refractivity contribution in [3.05, 3.63) is 0 Å². The summed E-state index contributed by atoms with van der Waals surface area (Å²) >= 11 is 0. The number of hydrogen-bond donors (Lipinski definition) is 1. The van der Waals surface area contributed by atoms with Gasteiger partial charge >= 0.3 is 0 Å². The van der Waals surface area contributed by atoms with Crippen molar-refractivity contribution >= 4 is 0 Å². The Labute approximate surface area is 77.4 Å². The van der Waals surface area contributed by atoms with Gasteiger partial charge in [0.25, 0.3) is 0 Å². The zero-order valence-electron chi connectivity index (χ0n) is 8.40. The largest absolute Gasteiger partial charge is 0.314 e. The number of rotatable bonds is 3. The van der Waals surface area contributed by atoms with Crippen molar-refractivity contribution in [1.29, 1.82) is 0 Å². The quantitative estimate of drug-likeness (QED) is 0.685. The molecule has 0 aromatic heterocycles. The maximum absolute atomic E-state index is 3.68. The maximum atomic E-state index is 3.68. The molecule has 2 saturated carbocycles. The molecule has 0 radical (unpaired) electrons. The summed E-state index contributed by atoms with van der Waals surface area (Å²) in [6.45, 7) is 5.78. The highest BCUT2D eigenvalue weighted by atomic mass is 14.9. The summed E-state index contributed by atoms with van der Waals surface area (Å²) in [6, 6.07) is 0.856. The Kier molecular flexibility index (Phi) is 2.16. The zero-order valence-corrected chi connectivity index (χ0v) is 8.40. The molecule has 0 heterocycles. The van der Waals surface area contributed by atoms with Gasteiger partial charge in [0.2, 0.25) is 0 Å². The number of hydrogen-bond acceptors (Lipinski definition) is 1. The Morgan fingerprint density at radius 2 is 2.17 bits per heavy atom. The van der Waals surface area contributed by atoms with Gasteiger partial charge in [-0.2, -0.15) is 0 Å². The Bertz CT molecular complexity index is 163. The lowest BCUT2D eigenvalue weighted by Crippen LogP contribution is -2.30. The molecule has 0 bridgehead atoms. The van der Waals surface area contributed by atoms with E-state index >= 15 is 0 Å². The molecule has 12 heavy (non-hydrogen) atoms. The van der Waals surface area contributed by atoms with Gasteiger partial charge in [-0.15, -0.1) is 0 Å². The lowest BCUT2D eigenvalue weighted by Gasteiger charge is -2.14. The lowest BCUT2D eigenvalue weighted by molar-refractivity contribution is 0.444. The summed E-state index contributed by atoms with van der Waals surface area (Å²) < 4.78 is 0. The van der Waals surface area contributed by atoms with Gasteiger partial charge in [0.05, 0.1) is 0 Å². The lowest BCUT2D eigenvalue weighted by atomic mass is 10.1. The third-order valence-corrected chi connectivity index (χ3v) is 3.47. The molecular weight excluding hydrogens is 146 g/mol. The molecule has 1 heteroatoms. The molecule has 2 fully saturated rings. The first-order chi connectivity index (χ1) is 5.70. The van der Waals surface area contributed by atoms with Crippen molar-refractivity contribution in [1.82, 2.24) is 5.32 Å². The molecule has 0 aromatic rings. The van der Waals surface area contributed by atoms with Crippen LogP contribution in [-0.4, -0.2) is 12.6 Å². The van der Waals surface area contributed by atoms with Gasteiger partial charge < -0.3 is 5.32 Å². The molecule has 1 atom stereocenters. The van der Waals surface area contributed by atoms with Crippen molar-refractivity contribution in [2.75, 3.05) is 6.54 Å². The summed E-state index contributed by atoms with van der Waals surface area (Å²) in [5.74, 6) is 0.806. The van der Waals surface area contributed by atoms with Gasteiger partial charge in [0.15, 0.2) is 0 Å². The first-order valence-corrected chi connectivity index (χ1v) is 5.44. The highest BCUT2D eigenvalue weighted by Crippen LogP contribution is 2.57. The molecule has 2 aliphatic rings. The molecule has 0 saturated heterocycles. The summed E-state index contributed by atoms with van der Waals surface area (Å²) in [6.07, 6.45) is 7.45. The third-order valence-electron chi connectivity index (χ3n) is 3.47. The van der Waals surface area contributed by atoms with Gasteiger partial charge in [-0.1, -0.05) is 13.8 Å². The zero-order chi connectivity index (χ0) is 8.60. The van der Waals surface area contributed by atoms with Crippen molar-refractivity contribution in [2.24, 2.45) is 11.3 Å². The Morgan fingerprint density at radius 3 is 2.67 bits per heavy atom. The highest BCUT2D eigenvalue weighted by molar-refractivity contribution is 5.01. The van der Waals surface area contributed by atoms with E-state index in [1.54, 1.807) is 0 Å². The second-order valence-corrected chi connectivity index (χ2v) is 5.24. The van der Waals surface area contributed by atoms with Crippen LogP contribution in [0.2, 0.25) is 0 Å². The molecule has 0 amide bonds. The minimum absolute atomic E-state index is 0. The van der Waals surface area contributed by atoms with Gasteiger partial charge in [0, 0.05) is 7.47 Å². The Hall–Kier alpha value is -0.0400. The molecule has 2 rings (SSSR count). The number of nitrogens with one attached hydrogen (secondary N) is 1. The van der Waals surface area contributed by atoms with Gasteiger partial charge in [-0.05, 0) is 50.0 Å². The Balaban J connectivity index is 0.000000845. The van der Waals surface area contributed by atoms with E-state index < -0.39 is 0 Å². The predicted octanol–water partition coefficient (Wildman–Crippen LogP) is 2.81. The first-order valence-electron chi connectivity index (χ1n) is 5.44. The summed E-state index contributed by atoms with van der Waals surface area (Å²) in [5.41, 5.74) is 0.842. The Morgan fingerprint density at radius 1 is 1.42 bits per heavy atom. The van der Waals surface area contributed by atoms with Gasteiger partial charge in [-0.25, -0.2) is 0 Å². The molecule has 1 spiro atoms. The minimum atomic E-state index is 0. The molecule has 1 nitrogen and oxygen atoms in total.